The van der Waals surface area contributed by atoms with Crippen LogP contribution in [0, 0.1) is 0 Å². The minimum atomic E-state index is -0.463. The van der Waals surface area contributed by atoms with E-state index in [1.54, 1.807) is 26.2 Å². The van der Waals surface area contributed by atoms with Crippen LogP contribution in [0.4, 0.5) is 4.79 Å². The number of alkyl carbamates (subject to hydrolysis) is 1. The number of carbonyl (C=O) groups is 1. The Kier molecular flexibility index (Phi) is 9.13. The second kappa shape index (κ2) is 12.0. The lowest BCUT2D eigenvalue weighted by Crippen LogP contribution is -2.40. The molecule has 2 N–H and O–H groups in total. The summed E-state index contributed by atoms with van der Waals surface area (Å²) in [6.07, 6.45) is 3.25. The van der Waals surface area contributed by atoms with Gasteiger partial charge in [-0.25, -0.2) is 9.79 Å². The molecule has 0 heterocycles. The second-order valence-corrected chi connectivity index (χ2v) is 8.67. The first kappa shape index (κ1) is 25.8. The Morgan fingerprint density at radius 2 is 1.97 bits per heavy atom. The number of nitrogens with zero attached hydrogens (tertiary/aromatic N) is 2. The van der Waals surface area contributed by atoms with Gasteiger partial charge in [-0.15, -0.1) is 0 Å². The van der Waals surface area contributed by atoms with Crippen LogP contribution >= 0.6 is 23.2 Å². The third-order valence-corrected chi connectivity index (χ3v) is 6.18. The van der Waals surface area contributed by atoms with E-state index in [1.807, 2.05) is 44.2 Å². The summed E-state index contributed by atoms with van der Waals surface area (Å²) in [5.41, 5.74) is 4.56. The van der Waals surface area contributed by atoms with Crippen molar-refractivity contribution in [3.63, 3.8) is 0 Å². The highest BCUT2D eigenvalue weighted by Gasteiger charge is 2.36. The van der Waals surface area contributed by atoms with Crippen LogP contribution < -0.4 is 10.6 Å². The molecule has 2 atom stereocenters. The van der Waals surface area contributed by atoms with E-state index in [0.717, 1.165) is 34.5 Å². The summed E-state index contributed by atoms with van der Waals surface area (Å²) in [5.74, 6) is 0.641. The Labute approximate surface area is 211 Å². The molecule has 2 aromatic rings. The van der Waals surface area contributed by atoms with Crippen molar-refractivity contribution < 1.29 is 9.53 Å². The van der Waals surface area contributed by atoms with E-state index in [1.165, 1.54) is 0 Å². The van der Waals surface area contributed by atoms with Crippen LogP contribution in [-0.4, -0.2) is 37.8 Å². The molecule has 0 aliphatic heterocycles. The van der Waals surface area contributed by atoms with Crippen molar-refractivity contribution in [3.8, 4) is 0 Å². The Morgan fingerprint density at radius 3 is 2.62 bits per heavy atom. The van der Waals surface area contributed by atoms with Gasteiger partial charge in [0.25, 0.3) is 0 Å². The van der Waals surface area contributed by atoms with Crippen molar-refractivity contribution in [1.29, 1.82) is 0 Å². The summed E-state index contributed by atoms with van der Waals surface area (Å²) in [6.45, 7) is 4.08. The smallest absolute Gasteiger partial charge is 0.407 e. The minimum absolute atomic E-state index is 0.248. The van der Waals surface area contributed by atoms with Gasteiger partial charge in [-0.2, -0.15) is 0 Å². The zero-order valence-electron chi connectivity index (χ0n) is 19.9. The average molecular weight is 501 g/mol. The topological polar surface area (TPSA) is 75.1 Å². The lowest BCUT2D eigenvalue weighted by Gasteiger charge is -2.24. The number of rotatable bonds is 7. The number of aliphatic imine (C=N–C) groups is 2. The van der Waals surface area contributed by atoms with Gasteiger partial charge in [0.15, 0.2) is 0 Å². The number of amidine groups is 1. The molecule has 8 heteroatoms. The Balaban J connectivity index is 1.95. The van der Waals surface area contributed by atoms with Crippen LogP contribution in [0.25, 0.3) is 5.70 Å². The fourth-order valence-electron chi connectivity index (χ4n) is 4.01. The number of hydrogen-bond acceptors (Lipinski definition) is 4. The minimum Gasteiger partial charge on any atom is -0.443 e. The standard InChI is InChI=1S/C26H30Cl2N4O2/c1-5-9-22(19-13-12-17(27)15-20(19)28)31-21(6-2)25(29-3)32-24-18-11-8-7-10-16(18)14-23(24)34-26(33)30-4/h7-13,15,23-24H,5-6,14H2,1-4H3,(H,29,32)(H,30,33)/b22-9+,31-21-/t23-,24+/m0/s1. The van der Waals surface area contributed by atoms with Gasteiger partial charge < -0.3 is 15.4 Å². The molecule has 1 aliphatic rings. The molecular weight excluding hydrogens is 471 g/mol. The van der Waals surface area contributed by atoms with Crippen LogP contribution in [0.15, 0.2) is 58.5 Å². The lowest BCUT2D eigenvalue weighted by molar-refractivity contribution is 0.0871. The third-order valence-electron chi connectivity index (χ3n) is 5.63. The normalized spacial score (nSPS) is 18.5. The lowest BCUT2D eigenvalue weighted by atomic mass is 10.1. The van der Waals surface area contributed by atoms with Gasteiger partial charge in [-0.05, 0) is 42.2 Å². The number of allylic oxidation sites excluding steroid dienone is 1. The van der Waals surface area contributed by atoms with Crippen molar-refractivity contribution in [1.82, 2.24) is 10.6 Å². The molecule has 1 amide bonds. The van der Waals surface area contributed by atoms with Gasteiger partial charge >= 0.3 is 6.09 Å². The predicted octanol–water partition coefficient (Wildman–Crippen LogP) is 6.24. The van der Waals surface area contributed by atoms with E-state index in [0.29, 0.717) is 28.7 Å². The molecule has 0 unspecified atom stereocenters. The summed E-state index contributed by atoms with van der Waals surface area (Å²) in [4.78, 5) is 21.5. The molecule has 0 bridgehead atoms. The summed E-state index contributed by atoms with van der Waals surface area (Å²) in [7, 11) is 3.28. The van der Waals surface area contributed by atoms with Crippen molar-refractivity contribution >= 4 is 46.5 Å². The summed E-state index contributed by atoms with van der Waals surface area (Å²) in [6, 6.07) is 13.2. The maximum absolute atomic E-state index is 12.0. The molecule has 0 radical (unpaired) electrons. The summed E-state index contributed by atoms with van der Waals surface area (Å²) < 4.78 is 5.68. The first-order valence-corrected chi connectivity index (χ1v) is 12.1. The van der Waals surface area contributed by atoms with Crippen LogP contribution in [-0.2, 0) is 11.2 Å². The molecule has 1 aliphatic carbocycles. The van der Waals surface area contributed by atoms with Crippen LogP contribution in [0.1, 0.15) is 49.4 Å². The van der Waals surface area contributed by atoms with Crippen molar-refractivity contribution in [2.24, 2.45) is 9.98 Å². The Morgan fingerprint density at radius 1 is 1.21 bits per heavy atom. The number of nitrogens with one attached hydrogen (secondary N) is 2. The first-order chi connectivity index (χ1) is 16.4. The fraction of sp³-hybridized carbons (Fsp3) is 0.346. The van der Waals surface area contributed by atoms with Gasteiger partial charge in [0, 0.05) is 31.1 Å². The van der Waals surface area contributed by atoms with Crippen molar-refractivity contribution in [3.05, 3.63) is 75.3 Å². The highest BCUT2D eigenvalue weighted by molar-refractivity contribution is 6.42. The maximum atomic E-state index is 12.0. The highest BCUT2D eigenvalue weighted by Crippen LogP contribution is 2.34. The van der Waals surface area contributed by atoms with E-state index in [9.17, 15) is 4.79 Å². The molecule has 0 saturated heterocycles. The fourth-order valence-corrected chi connectivity index (χ4v) is 4.52. The predicted molar refractivity (Wildman–Crippen MR) is 141 cm³/mol. The van der Waals surface area contributed by atoms with E-state index in [-0.39, 0.29) is 12.1 Å². The molecule has 2 aromatic carbocycles. The van der Waals surface area contributed by atoms with E-state index in [2.05, 4.69) is 21.7 Å². The Bertz CT molecular complexity index is 1130. The zero-order valence-corrected chi connectivity index (χ0v) is 21.4. The molecule has 34 heavy (non-hydrogen) atoms. The second-order valence-electron chi connectivity index (χ2n) is 7.82. The van der Waals surface area contributed by atoms with E-state index in [4.69, 9.17) is 32.9 Å². The molecule has 0 fully saturated rings. The third kappa shape index (κ3) is 5.99. The molecule has 0 spiro atoms. The number of amides is 1. The molecular formula is C26H30Cl2N4O2. The number of benzene rings is 2. The largest absolute Gasteiger partial charge is 0.443 e. The number of hydrogen-bond donors (Lipinski definition) is 2. The Hall–Kier alpha value is -2.83. The van der Waals surface area contributed by atoms with E-state index >= 15 is 0 Å². The zero-order chi connectivity index (χ0) is 24.7. The highest BCUT2D eigenvalue weighted by atomic mass is 35.5. The summed E-state index contributed by atoms with van der Waals surface area (Å²) >= 11 is 12.6. The van der Waals surface area contributed by atoms with Crippen LogP contribution in [0.5, 0.6) is 0 Å². The van der Waals surface area contributed by atoms with Gasteiger partial charge in [0.05, 0.1) is 22.5 Å². The molecule has 180 valence electrons. The SMILES string of the molecule is CC/C=C(/N=C(CC)\C(=N/C)N[C@@H]1c2ccccc2C[C@@H]1OC(=O)NC)c1ccc(Cl)cc1Cl. The van der Waals surface area contributed by atoms with Gasteiger partial charge in [-0.1, -0.05) is 67.4 Å². The van der Waals surface area contributed by atoms with E-state index < -0.39 is 6.09 Å². The maximum Gasteiger partial charge on any atom is 0.407 e. The molecule has 0 aromatic heterocycles. The number of carbonyl (C=O) groups excluding carboxylic acids is 1. The summed E-state index contributed by atoms with van der Waals surface area (Å²) in [5, 5.41) is 7.16. The van der Waals surface area contributed by atoms with Crippen molar-refractivity contribution in [2.45, 2.75) is 45.3 Å². The van der Waals surface area contributed by atoms with Crippen molar-refractivity contribution in [2.75, 3.05) is 14.1 Å². The molecule has 0 saturated carbocycles. The quantitative estimate of drug-likeness (QED) is 0.349. The number of fused-ring (bicyclic) bond motifs is 1. The van der Waals surface area contributed by atoms with Crippen LogP contribution in [0.3, 0.4) is 0 Å². The first-order valence-electron chi connectivity index (χ1n) is 11.3. The van der Waals surface area contributed by atoms with Gasteiger partial charge in [0.2, 0.25) is 0 Å². The van der Waals surface area contributed by atoms with Crippen LogP contribution in [0.2, 0.25) is 10.0 Å². The number of halogens is 2. The molecule has 6 nitrogen and oxygen atoms in total. The molecule has 3 rings (SSSR count). The number of ether oxygens (including phenoxy) is 1. The van der Waals surface area contributed by atoms with Gasteiger partial charge in [0.1, 0.15) is 11.9 Å². The average Bonchev–Trinajstić information content (AvgIpc) is 3.17. The van der Waals surface area contributed by atoms with Gasteiger partial charge in [-0.3, -0.25) is 4.99 Å². The monoisotopic (exact) mass is 500 g/mol.